The first-order valence-electron chi connectivity index (χ1n) is 10.9. The molecule has 2 heterocycles. The van der Waals surface area contributed by atoms with Crippen LogP contribution in [0.2, 0.25) is 0 Å². The number of aromatic nitrogens is 2. The Morgan fingerprint density at radius 3 is 1.78 bits per heavy atom. The molecule has 212 valence electrons. The molecular weight excluding hydrogens is 588 g/mol. The van der Waals surface area contributed by atoms with Crippen LogP contribution in [-0.4, -0.2) is 69.5 Å². The van der Waals surface area contributed by atoms with Gasteiger partial charge in [0.25, 0.3) is 31.7 Å². The number of carbonyl (C=O) groups is 3. The summed E-state index contributed by atoms with van der Waals surface area (Å²) >= 11 is 0. The molecule has 41 heavy (non-hydrogen) atoms. The number of carboxylic acid groups (broad SMARTS) is 2. The molecule has 1 aliphatic heterocycles. The standard InChI is InChI=1S/C23H16N4O12S2/c28-20-16(18(22(30)31)24-26(20)12-4-8-14(9-5-12)40(34,35)36)2-1-3-17-19(23(32)33)25-27(21(17)29)13-6-10-15(11-7-13)41(37,38)39/h1-11,24H,(H,30,31)(H,32,33)(H,34,35,36)(H,37,38,39)/b2-1-,17-3+. The van der Waals surface area contributed by atoms with Crippen LogP contribution in [0.4, 0.5) is 5.69 Å². The number of benzene rings is 2. The Hall–Kier alpha value is -5.17. The van der Waals surface area contributed by atoms with Crippen LogP contribution < -0.4 is 10.6 Å². The van der Waals surface area contributed by atoms with Crippen molar-refractivity contribution in [2.75, 3.05) is 5.01 Å². The van der Waals surface area contributed by atoms with Crippen molar-refractivity contribution in [1.82, 2.24) is 9.78 Å². The molecule has 0 radical (unpaired) electrons. The van der Waals surface area contributed by atoms with E-state index in [1.54, 1.807) is 0 Å². The molecule has 1 aromatic heterocycles. The maximum atomic E-state index is 13.0. The predicted molar refractivity (Wildman–Crippen MR) is 139 cm³/mol. The van der Waals surface area contributed by atoms with E-state index < -0.39 is 76.0 Å². The summed E-state index contributed by atoms with van der Waals surface area (Å²) in [4.78, 5) is 48.4. The molecule has 4 rings (SSSR count). The molecule has 0 atom stereocenters. The smallest absolute Gasteiger partial charge is 0.357 e. The summed E-state index contributed by atoms with van der Waals surface area (Å²) in [6.45, 7) is 0. The van der Waals surface area contributed by atoms with Crippen molar-refractivity contribution in [2.24, 2.45) is 5.10 Å². The molecule has 3 aromatic rings. The highest BCUT2D eigenvalue weighted by Gasteiger charge is 2.35. The van der Waals surface area contributed by atoms with Crippen LogP contribution in [0.3, 0.4) is 0 Å². The van der Waals surface area contributed by atoms with Crippen molar-refractivity contribution >= 4 is 55.6 Å². The van der Waals surface area contributed by atoms with Crippen molar-refractivity contribution in [3.8, 4) is 5.69 Å². The van der Waals surface area contributed by atoms with Gasteiger partial charge in [0, 0.05) is 0 Å². The number of allylic oxidation sites excluding steroid dienone is 2. The molecule has 0 saturated carbocycles. The summed E-state index contributed by atoms with van der Waals surface area (Å²) in [6, 6.07) is 8.38. The summed E-state index contributed by atoms with van der Waals surface area (Å²) in [5.74, 6) is -4.10. The van der Waals surface area contributed by atoms with Crippen molar-refractivity contribution < 1.29 is 50.5 Å². The van der Waals surface area contributed by atoms with Gasteiger partial charge >= 0.3 is 11.9 Å². The second-order valence-corrected chi connectivity index (χ2v) is 10.9. The molecule has 18 heteroatoms. The first-order chi connectivity index (χ1) is 19.1. The number of nitrogens with one attached hydrogen (secondary N) is 1. The van der Waals surface area contributed by atoms with E-state index in [-0.39, 0.29) is 11.4 Å². The normalized spacial score (nSPS) is 15.1. The van der Waals surface area contributed by atoms with Gasteiger partial charge in [-0.25, -0.2) is 14.3 Å². The molecule has 0 fully saturated rings. The van der Waals surface area contributed by atoms with Crippen LogP contribution in [-0.2, 0) is 29.8 Å². The summed E-state index contributed by atoms with van der Waals surface area (Å²) in [5.41, 5.74) is -3.08. The van der Waals surface area contributed by atoms with Crippen LogP contribution in [0.5, 0.6) is 0 Å². The average molecular weight is 605 g/mol. The zero-order chi connectivity index (χ0) is 30.3. The Balaban J connectivity index is 1.69. The van der Waals surface area contributed by atoms with Crippen LogP contribution in [0, 0.1) is 0 Å². The molecule has 5 N–H and O–H groups in total. The zero-order valence-corrected chi connectivity index (χ0v) is 21.7. The van der Waals surface area contributed by atoms with Gasteiger partial charge in [-0.2, -0.15) is 26.9 Å². The zero-order valence-electron chi connectivity index (χ0n) is 20.1. The molecule has 0 aliphatic carbocycles. The number of carboxylic acids is 2. The lowest BCUT2D eigenvalue weighted by Crippen LogP contribution is -2.22. The number of H-pyrrole nitrogens is 1. The molecule has 0 bridgehead atoms. The van der Waals surface area contributed by atoms with E-state index in [9.17, 15) is 46.2 Å². The van der Waals surface area contributed by atoms with Crippen molar-refractivity contribution in [3.05, 3.63) is 87.9 Å². The number of rotatable bonds is 8. The fourth-order valence-corrected chi connectivity index (χ4v) is 4.57. The Morgan fingerprint density at radius 1 is 0.805 bits per heavy atom. The first kappa shape index (κ1) is 28.8. The van der Waals surface area contributed by atoms with E-state index in [0.717, 1.165) is 71.4 Å². The van der Waals surface area contributed by atoms with E-state index in [2.05, 4.69) is 10.2 Å². The van der Waals surface area contributed by atoms with Crippen molar-refractivity contribution in [1.29, 1.82) is 0 Å². The highest BCUT2D eigenvalue weighted by Crippen LogP contribution is 2.25. The lowest BCUT2D eigenvalue weighted by molar-refractivity contribution is -0.129. The van der Waals surface area contributed by atoms with E-state index in [0.29, 0.717) is 5.01 Å². The maximum Gasteiger partial charge on any atom is 0.357 e. The highest BCUT2D eigenvalue weighted by molar-refractivity contribution is 7.86. The molecule has 1 aliphatic rings. The van der Waals surface area contributed by atoms with Gasteiger partial charge in [0.05, 0.1) is 32.3 Å². The van der Waals surface area contributed by atoms with Gasteiger partial charge in [-0.1, -0.05) is 6.08 Å². The Morgan fingerprint density at radius 2 is 1.32 bits per heavy atom. The minimum absolute atomic E-state index is 0.0184. The molecule has 16 nitrogen and oxygen atoms in total. The summed E-state index contributed by atoms with van der Waals surface area (Å²) in [5, 5.41) is 25.8. The number of hydrogen-bond donors (Lipinski definition) is 5. The number of anilines is 1. The van der Waals surface area contributed by atoms with Gasteiger partial charge in [-0.3, -0.25) is 23.8 Å². The van der Waals surface area contributed by atoms with Crippen LogP contribution >= 0.6 is 0 Å². The van der Waals surface area contributed by atoms with E-state index in [1.807, 2.05) is 0 Å². The van der Waals surface area contributed by atoms with Gasteiger partial charge in [0.1, 0.15) is 0 Å². The highest BCUT2D eigenvalue weighted by atomic mass is 32.2. The van der Waals surface area contributed by atoms with Gasteiger partial charge in [0.2, 0.25) is 0 Å². The third kappa shape index (κ3) is 5.75. The van der Waals surface area contributed by atoms with Crippen LogP contribution in [0.1, 0.15) is 16.1 Å². The minimum atomic E-state index is -4.53. The number of aromatic amines is 1. The fourth-order valence-electron chi connectivity index (χ4n) is 3.61. The summed E-state index contributed by atoms with van der Waals surface area (Å²) < 4.78 is 64.0. The topological polar surface area (TPSA) is 254 Å². The second-order valence-electron chi connectivity index (χ2n) is 8.09. The molecule has 2 aromatic carbocycles. The van der Waals surface area contributed by atoms with Gasteiger partial charge in [-0.05, 0) is 60.7 Å². The van der Waals surface area contributed by atoms with E-state index >= 15 is 0 Å². The van der Waals surface area contributed by atoms with Gasteiger partial charge in [0.15, 0.2) is 11.4 Å². The monoisotopic (exact) mass is 604 g/mol. The molecular formula is C23H16N4O12S2. The lowest BCUT2D eigenvalue weighted by atomic mass is 10.1. The van der Waals surface area contributed by atoms with E-state index in [4.69, 9.17) is 9.11 Å². The number of carbonyl (C=O) groups excluding carboxylic acids is 1. The number of nitrogens with zero attached hydrogens (tertiary/aromatic N) is 3. The SMILES string of the molecule is O=C(O)C1=NN(c2ccc(S(=O)(=O)O)cc2)C(=O)/C1=C/C=C\c1c(C(=O)O)[nH]n(-c2ccc(S(=O)(=O)O)cc2)c1=O. The predicted octanol–water partition coefficient (Wildman–Crippen LogP) is 0.784. The summed E-state index contributed by atoms with van der Waals surface area (Å²) in [7, 11) is -9.05. The Bertz CT molecular complexity index is 1970. The number of aromatic carboxylic acids is 1. The molecule has 0 spiro atoms. The van der Waals surface area contributed by atoms with Gasteiger partial charge < -0.3 is 10.2 Å². The van der Waals surface area contributed by atoms with Gasteiger partial charge in [-0.15, -0.1) is 0 Å². The van der Waals surface area contributed by atoms with Crippen LogP contribution in [0.25, 0.3) is 11.8 Å². The number of aliphatic carboxylic acids is 1. The molecule has 0 unspecified atom stereocenters. The number of hydrogen-bond acceptors (Lipinski definition) is 9. The lowest BCUT2D eigenvalue weighted by Gasteiger charge is -2.11. The first-order valence-corrected chi connectivity index (χ1v) is 13.8. The largest absolute Gasteiger partial charge is 0.477 e. The van der Waals surface area contributed by atoms with E-state index in [1.165, 1.54) is 0 Å². The summed E-state index contributed by atoms with van der Waals surface area (Å²) in [6.07, 6.45) is 3.01. The third-order valence-corrected chi connectivity index (χ3v) is 7.25. The maximum absolute atomic E-state index is 13.0. The van der Waals surface area contributed by atoms with Crippen molar-refractivity contribution in [2.45, 2.75) is 9.79 Å². The van der Waals surface area contributed by atoms with Crippen molar-refractivity contribution in [3.63, 3.8) is 0 Å². The van der Waals surface area contributed by atoms with Crippen LogP contribution in [0.15, 0.2) is 85.9 Å². The third-order valence-electron chi connectivity index (χ3n) is 5.52. The fraction of sp³-hybridized carbons (Fsp3) is 0. The number of amides is 1. The Labute approximate surface area is 229 Å². The quantitative estimate of drug-likeness (QED) is 0.177. The number of hydrazone groups is 1. The Kier molecular flexibility index (Phi) is 7.33. The molecule has 0 saturated heterocycles. The minimum Gasteiger partial charge on any atom is -0.477 e. The second kappa shape index (κ2) is 10.4. The average Bonchev–Trinajstić information content (AvgIpc) is 3.40. The molecule has 1 amide bonds.